The lowest BCUT2D eigenvalue weighted by Crippen LogP contribution is -2.20. The minimum Gasteiger partial charge on any atom is -0.484 e. The molecule has 7 nitrogen and oxygen atoms in total. The second kappa shape index (κ2) is 9.83. The maximum atomic E-state index is 11.9. The molecule has 7 heteroatoms. The molecule has 0 fully saturated rings. The van der Waals surface area contributed by atoms with Crippen LogP contribution in [0.15, 0.2) is 54.6 Å². The molecule has 0 aliphatic heterocycles. The van der Waals surface area contributed by atoms with Gasteiger partial charge in [0.1, 0.15) is 5.75 Å². The highest BCUT2D eigenvalue weighted by Crippen LogP contribution is 2.16. The molecule has 0 saturated heterocycles. The maximum Gasteiger partial charge on any atom is 0.303 e. The highest BCUT2D eigenvalue weighted by atomic mass is 16.5. The second-order valence-electron chi connectivity index (χ2n) is 5.53. The summed E-state index contributed by atoms with van der Waals surface area (Å²) in [7, 11) is 0. The number of nitrogens with one attached hydrogen (secondary N) is 2. The van der Waals surface area contributed by atoms with Crippen LogP contribution in [0.1, 0.15) is 19.3 Å². The lowest BCUT2D eigenvalue weighted by atomic mass is 10.2. The molecule has 2 aromatic rings. The fourth-order valence-corrected chi connectivity index (χ4v) is 2.16. The Hall–Kier alpha value is -3.35. The van der Waals surface area contributed by atoms with Crippen molar-refractivity contribution in [1.29, 1.82) is 0 Å². The Bertz CT molecular complexity index is 762. The Morgan fingerprint density at radius 2 is 1.50 bits per heavy atom. The summed E-state index contributed by atoms with van der Waals surface area (Å²) in [6, 6.07) is 15.7. The summed E-state index contributed by atoms with van der Waals surface area (Å²) in [5.41, 5.74) is 1.04. The van der Waals surface area contributed by atoms with Crippen LogP contribution in [0.3, 0.4) is 0 Å². The van der Waals surface area contributed by atoms with E-state index < -0.39 is 5.97 Å². The van der Waals surface area contributed by atoms with Crippen LogP contribution < -0.4 is 15.4 Å². The number of rotatable bonds is 9. The van der Waals surface area contributed by atoms with Gasteiger partial charge in [0.2, 0.25) is 5.91 Å². The largest absolute Gasteiger partial charge is 0.484 e. The number of para-hydroxylation sites is 1. The number of anilines is 2. The van der Waals surface area contributed by atoms with E-state index in [1.54, 1.807) is 36.4 Å². The van der Waals surface area contributed by atoms with Gasteiger partial charge in [-0.05, 0) is 36.8 Å². The molecule has 0 unspecified atom stereocenters. The van der Waals surface area contributed by atoms with E-state index >= 15 is 0 Å². The molecular weight excluding hydrogens is 336 g/mol. The lowest BCUT2D eigenvalue weighted by molar-refractivity contribution is -0.137. The first-order valence-corrected chi connectivity index (χ1v) is 8.12. The number of carbonyl (C=O) groups is 3. The number of amides is 2. The van der Waals surface area contributed by atoms with Crippen LogP contribution >= 0.6 is 0 Å². The first-order chi connectivity index (χ1) is 12.5. The molecule has 0 heterocycles. The Balaban J connectivity index is 1.81. The van der Waals surface area contributed by atoms with Gasteiger partial charge in [0.05, 0.1) is 0 Å². The number of aliphatic carboxylic acids is 1. The summed E-state index contributed by atoms with van der Waals surface area (Å²) in [5.74, 6) is -0.925. The van der Waals surface area contributed by atoms with Crippen molar-refractivity contribution in [2.24, 2.45) is 0 Å². The van der Waals surface area contributed by atoms with Crippen LogP contribution in [0.25, 0.3) is 0 Å². The normalized spacial score (nSPS) is 10.0. The Morgan fingerprint density at radius 3 is 2.15 bits per heavy atom. The smallest absolute Gasteiger partial charge is 0.303 e. The zero-order valence-corrected chi connectivity index (χ0v) is 14.1. The number of carbonyl (C=O) groups excluding carboxylic acids is 2. The topological polar surface area (TPSA) is 105 Å². The number of hydrogen-bond donors (Lipinski definition) is 3. The molecule has 0 spiro atoms. The van der Waals surface area contributed by atoms with Crippen molar-refractivity contribution in [3.63, 3.8) is 0 Å². The average Bonchev–Trinajstić information content (AvgIpc) is 2.61. The highest BCUT2D eigenvalue weighted by molar-refractivity contribution is 5.94. The Kier molecular flexibility index (Phi) is 7.17. The van der Waals surface area contributed by atoms with Crippen molar-refractivity contribution >= 4 is 29.2 Å². The third-order valence-corrected chi connectivity index (χ3v) is 3.34. The van der Waals surface area contributed by atoms with Gasteiger partial charge < -0.3 is 20.5 Å². The van der Waals surface area contributed by atoms with Gasteiger partial charge in [-0.25, -0.2) is 0 Å². The molecular formula is C19H20N2O5. The summed E-state index contributed by atoms with van der Waals surface area (Å²) in [5, 5.41) is 13.9. The fraction of sp³-hybridized carbons (Fsp3) is 0.211. The van der Waals surface area contributed by atoms with Gasteiger partial charge in [-0.3, -0.25) is 14.4 Å². The summed E-state index contributed by atoms with van der Waals surface area (Å²) in [6.45, 7) is -0.129. The third-order valence-electron chi connectivity index (χ3n) is 3.34. The van der Waals surface area contributed by atoms with Gasteiger partial charge in [-0.1, -0.05) is 24.3 Å². The predicted molar refractivity (Wildman–Crippen MR) is 97.1 cm³/mol. The summed E-state index contributed by atoms with van der Waals surface area (Å²) < 4.78 is 5.37. The third kappa shape index (κ3) is 7.04. The van der Waals surface area contributed by atoms with E-state index in [0.717, 1.165) is 0 Å². The van der Waals surface area contributed by atoms with E-state index in [1.165, 1.54) is 0 Å². The average molecular weight is 356 g/mol. The zero-order chi connectivity index (χ0) is 18.8. The maximum absolute atomic E-state index is 11.9. The van der Waals surface area contributed by atoms with Crippen molar-refractivity contribution in [1.82, 2.24) is 0 Å². The van der Waals surface area contributed by atoms with E-state index in [9.17, 15) is 14.4 Å². The minimum atomic E-state index is -0.930. The van der Waals surface area contributed by atoms with Crippen molar-refractivity contribution < 1.29 is 24.2 Å². The molecule has 26 heavy (non-hydrogen) atoms. The van der Waals surface area contributed by atoms with Crippen LogP contribution in [0, 0.1) is 0 Å². The van der Waals surface area contributed by atoms with Crippen LogP contribution in [-0.2, 0) is 14.4 Å². The fourth-order valence-electron chi connectivity index (χ4n) is 2.16. The van der Waals surface area contributed by atoms with Gasteiger partial charge in [0.15, 0.2) is 6.61 Å². The standard InChI is InChI=1S/C19H20N2O5/c22-17(10-5-11-19(24)25)20-14-6-4-7-15(12-14)21-18(23)13-26-16-8-2-1-3-9-16/h1-4,6-9,12H,5,10-11,13H2,(H,20,22)(H,21,23)(H,24,25). The quantitative estimate of drug-likeness (QED) is 0.641. The van der Waals surface area contributed by atoms with Crippen LogP contribution in [0.4, 0.5) is 11.4 Å². The zero-order valence-electron chi connectivity index (χ0n) is 14.1. The molecule has 0 saturated carbocycles. The SMILES string of the molecule is O=C(O)CCCC(=O)Nc1cccc(NC(=O)COc2ccccc2)c1. The molecule has 2 amide bonds. The number of benzene rings is 2. The second-order valence-corrected chi connectivity index (χ2v) is 5.53. The highest BCUT2D eigenvalue weighted by Gasteiger charge is 2.07. The number of carboxylic acids is 1. The summed E-state index contributed by atoms with van der Waals surface area (Å²) in [4.78, 5) is 34.2. The molecule has 0 aliphatic carbocycles. The summed E-state index contributed by atoms with van der Waals surface area (Å²) in [6.07, 6.45) is 0.340. The monoisotopic (exact) mass is 356 g/mol. The summed E-state index contributed by atoms with van der Waals surface area (Å²) >= 11 is 0. The van der Waals surface area contributed by atoms with Crippen LogP contribution in [-0.4, -0.2) is 29.5 Å². The molecule has 136 valence electrons. The molecule has 0 aliphatic rings. The van der Waals surface area contributed by atoms with Gasteiger partial charge in [-0.15, -0.1) is 0 Å². The number of ether oxygens (including phenoxy) is 1. The molecule has 0 atom stereocenters. The minimum absolute atomic E-state index is 0.0507. The van der Waals surface area contributed by atoms with Gasteiger partial charge in [-0.2, -0.15) is 0 Å². The molecule has 0 radical (unpaired) electrons. The van der Waals surface area contributed by atoms with Crippen LogP contribution in [0.5, 0.6) is 5.75 Å². The predicted octanol–water partition coefficient (Wildman–Crippen LogP) is 2.90. The molecule has 0 bridgehead atoms. The lowest BCUT2D eigenvalue weighted by Gasteiger charge is -2.09. The number of carboxylic acid groups (broad SMARTS) is 1. The van der Waals surface area contributed by atoms with Gasteiger partial charge in [0.25, 0.3) is 5.91 Å². The van der Waals surface area contributed by atoms with E-state index in [0.29, 0.717) is 17.1 Å². The van der Waals surface area contributed by atoms with Gasteiger partial charge in [0, 0.05) is 24.2 Å². The number of hydrogen-bond acceptors (Lipinski definition) is 4. The molecule has 2 aromatic carbocycles. The first-order valence-electron chi connectivity index (χ1n) is 8.12. The van der Waals surface area contributed by atoms with Crippen molar-refractivity contribution in [2.45, 2.75) is 19.3 Å². The van der Waals surface area contributed by atoms with Crippen molar-refractivity contribution in [2.75, 3.05) is 17.2 Å². The Morgan fingerprint density at radius 1 is 0.846 bits per heavy atom. The molecule has 0 aromatic heterocycles. The molecule has 2 rings (SSSR count). The van der Waals surface area contributed by atoms with E-state index in [2.05, 4.69) is 10.6 Å². The van der Waals surface area contributed by atoms with E-state index in [-0.39, 0.29) is 37.7 Å². The van der Waals surface area contributed by atoms with Crippen molar-refractivity contribution in [3.05, 3.63) is 54.6 Å². The molecule has 3 N–H and O–H groups in total. The first kappa shape index (κ1) is 19.0. The Labute approximate surface area is 151 Å². The van der Waals surface area contributed by atoms with E-state index in [1.807, 2.05) is 18.2 Å². The van der Waals surface area contributed by atoms with E-state index in [4.69, 9.17) is 9.84 Å². The van der Waals surface area contributed by atoms with Crippen molar-refractivity contribution in [3.8, 4) is 5.75 Å². The van der Waals surface area contributed by atoms with Crippen LogP contribution in [0.2, 0.25) is 0 Å². The van der Waals surface area contributed by atoms with Gasteiger partial charge >= 0.3 is 5.97 Å².